The quantitative estimate of drug-likeness (QED) is 0.798. The summed E-state index contributed by atoms with van der Waals surface area (Å²) in [5, 5.41) is 7.02. The smallest absolute Gasteiger partial charge is 0.0843 e. The first-order valence-electron chi connectivity index (χ1n) is 5.70. The number of thiophene rings is 1. The van der Waals surface area contributed by atoms with E-state index in [0.29, 0.717) is 6.04 Å². The molecule has 0 fully saturated rings. The van der Waals surface area contributed by atoms with E-state index in [0.717, 1.165) is 21.3 Å². The van der Waals surface area contributed by atoms with Gasteiger partial charge in [-0.2, -0.15) is 0 Å². The number of nitrogens with one attached hydrogen (secondary N) is 2. The minimum atomic E-state index is 0.185. The molecule has 1 rings (SSSR count). The van der Waals surface area contributed by atoms with Crippen molar-refractivity contribution in [1.82, 2.24) is 10.6 Å². The topological polar surface area (TPSA) is 24.1 Å². The van der Waals surface area contributed by atoms with E-state index in [2.05, 4.69) is 76.3 Å². The maximum Gasteiger partial charge on any atom is 0.0843 e. The van der Waals surface area contributed by atoms with Crippen LogP contribution in [0.25, 0.3) is 0 Å². The maximum absolute atomic E-state index is 3.52. The highest BCUT2D eigenvalue weighted by molar-refractivity contribution is 9.13. The lowest BCUT2D eigenvalue weighted by Gasteiger charge is -2.23. The molecule has 0 saturated carbocycles. The van der Waals surface area contributed by atoms with Crippen molar-refractivity contribution >= 4 is 43.2 Å². The van der Waals surface area contributed by atoms with E-state index in [1.165, 1.54) is 4.88 Å². The molecule has 2 nitrogen and oxygen atoms in total. The Balaban J connectivity index is 2.31. The second kappa shape index (κ2) is 6.66. The minimum absolute atomic E-state index is 0.185. The van der Waals surface area contributed by atoms with Gasteiger partial charge in [-0.25, -0.2) is 0 Å². The Bertz CT molecular complexity index is 338. The van der Waals surface area contributed by atoms with Gasteiger partial charge in [0.25, 0.3) is 0 Å². The van der Waals surface area contributed by atoms with E-state index in [4.69, 9.17) is 0 Å². The molecule has 1 atom stereocenters. The predicted molar refractivity (Wildman–Crippen MR) is 83.8 cm³/mol. The average Bonchev–Trinajstić information content (AvgIpc) is 2.51. The molecule has 5 heteroatoms. The van der Waals surface area contributed by atoms with Crippen LogP contribution in [-0.2, 0) is 6.54 Å². The van der Waals surface area contributed by atoms with Crippen LogP contribution in [0.15, 0.2) is 14.3 Å². The van der Waals surface area contributed by atoms with Crippen molar-refractivity contribution in [3.05, 3.63) is 19.2 Å². The van der Waals surface area contributed by atoms with Gasteiger partial charge in [0, 0.05) is 34.0 Å². The fourth-order valence-corrected chi connectivity index (χ4v) is 3.41. The van der Waals surface area contributed by atoms with Gasteiger partial charge in [-0.3, -0.25) is 0 Å². The molecular formula is C12H20Br2N2S. The highest BCUT2D eigenvalue weighted by Crippen LogP contribution is 2.32. The van der Waals surface area contributed by atoms with E-state index < -0.39 is 0 Å². The summed E-state index contributed by atoms with van der Waals surface area (Å²) in [6, 6.07) is 2.62. The van der Waals surface area contributed by atoms with Crippen molar-refractivity contribution in [2.75, 3.05) is 6.54 Å². The number of hydrogen-bond acceptors (Lipinski definition) is 3. The lowest BCUT2D eigenvalue weighted by molar-refractivity contribution is 0.388. The van der Waals surface area contributed by atoms with Crippen molar-refractivity contribution in [3.63, 3.8) is 0 Å². The number of rotatable bonds is 5. The zero-order chi connectivity index (χ0) is 13.1. The Kier molecular flexibility index (Phi) is 6.13. The molecule has 2 N–H and O–H groups in total. The Morgan fingerprint density at radius 3 is 2.47 bits per heavy atom. The molecule has 0 saturated heterocycles. The van der Waals surface area contributed by atoms with E-state index >= 15 is 0 Å². The van der Waals surface area contributed by atoms with Crippen LogP contribution in [0.1, 0.15) is 32.6 Å². The van der Waals surface area contributed by atoms with Gasteiger partial charge >= 0.3 is 0 Å². The van der Waals surface area contributed by atoms with Crippen LogP contribution in [0.3, 0.4) is 0 Å². The van der Waals surface area contributed by atoms with Crippen molar-refractivity contribution in [2.24, 2.45) is 0 Å². The summed E-state index contributed by atoms with van der Waals surface area (Å²) >= 11 is 8.78. The zero-order valence-electron chi connectivity index (χ0n) is 10.7. The van der Waals surface area contributed by atoms with E-state index in [9.17, 15) is 0 Å². The molecule has 0 aliphatic heterocycles. The van der Waals surface area contributed by atoms with Crippen LogP contribution in [0.2, 0.25) is 0 Å². The summed E-state index contributed by atoms with van der Waals surface area (Å²) in [5.74, 6) is 0. The number of hydrogen-bond donors (Lipinski definition) is 2. The van der Waals surface area contributed by atoms with Gasteiger partial charge in [-0.1, -0.05) is 0 Å². The molecule has 1 aromatic rings. The number of halogens is 2. The molecule has 98 valence electrons. The normalized spacial score (nSPS) is 14.0. The average molecular weight is 384 g/mol. The van der Waals surface area contributed by atoms with Crippen molar-refractivity contribution < 1.29 is 0 Å². The second-order valence-electron chi connectivity index (χ2n) is 5.25. The molecule has 1 unspecified atom stereocenters. The van der Waals surface area contributed by atoms with E-state index in [1.54, 1.807) is 11.3 Å². The molecule has 0 amide bonds. The Hall–Kier alpha value is 0.580. The van der Waals surface area contributed by atoms with Gasteiger partial charge in [0.15, 0.2) is 0 Å². The first-order valence-corrected chi connectivity index (χ1v) is 8.10. The monoisotopic (exact) mass is 382 g/mol. The van der Waals surface area contributed by atoms with Crippen LogP contribution in [0, 0.1) is 0 Å². The van der Waals surface area contributed by atoms with Crippen molar-refractivity contribution in [1.29, 1.82) is 0 Å². The van der Waals surface area contributed by atoms with Gasteiger partial charge in [-0.15, -0.1) is 11.3 Å². The molecule has 0 bridgehead atoms. The summed E-state index contributed by atoms with van der Waals surface area (Å²) in [7, 11) is 0. The van der Waals surface area contributed by atoms with Gasteiger partial charge < -0.3 is 10.6 Å². The molecule has 0 radical (unpaired) electrons. The molecule has 1 aromatic heterocycles. The second-order valence-corrected chi connectivity index (χ2v) is 8.56. The summed E-state index contributed by atoms with van der Waals surface area (Å²) < 4.78 is 2.30. The van der Waals surface area contributed by atoms with Crippen LogP contribution < -0.4 is 10.6 Å². The highest BCUT2D eigenvalue weighted by Gasteiger charge is 2.11. The van der Waals surface area contributed by atoms with Crippen molar-refractivity contribution in [2.45, 2.75) is 45.8 Å². The molecule has 0 aliphatic rings. The molecule has 17 heavy (non-hydrogen) atoms. The third kappa shape index (κ3) is 6.34. The molecule has 1 heterocycles. The largest absolute Gasteiger partial charge is 0.311 e. The summed E-state index contributed by atoms with van der Waals surface area (Å²) in [5.41, 5.74) is 0.185. The third-order valence-corrected chi connectivity index (χ3v) is 5.52. The van der Waals surface area contributed by atoms with Crippen molar-refractivity contribution in [3.8, 4) is 0 Å². The Morgan fingerprint density at radius 2 is 2.00 bits per heavy atom. The minimum Gasteiger partial charge on any atom is -0.311 e. The van der Waals surface area contributed by atoms with E-state index in [-0.39, 0.29) is 5.54 Å². The standard InChI is InChI=1S/C12H20Br2N2S/c1-8(6-16-12(2,3)4)15-7-9-5-10(13)11(14)17-9/h5,8,15-16H,6-7H2,1-4H3. The van der Waals surface area contributed by atoms with Gasteiger partial charge in [0.2, 0.25) is 0 Å². The van der Waals surface area contributed by atoms with E-state index in [1.807, 2.05) is 0 Å². The Morgan fingerprint density at radius 1 is 1.35 bits per heavy atom. The van der Waals surface area contributed by atoms with Gasteiger partial charge in [0.05, 0.1) is 3.79 Å². The van der Waals surface area contributed by atoms with Gasteiger partial charge in [0.1, 0.15) is 0 Å². The molecule has 0 aliphatic carbocycles. The Labute approximate surface area is 125 Å². The lowest BCUT2D eigenvalue weighted by Crippen LogP contribution is -2.44. The molecule has 0 spiro atoms. The summed E-state index contributed by atoms with van der Waals surface area (Å²) in [6.07, 6.45) is 0. The maximum atomic E-state index is 3.52. The van der Waals surface area contributed by atoms with Gasteiger partial charge in [-0.05, 0) is 65.6 Å². The summed E-state index contributed by atoms with van der Waals surface area (Å²) in [6.45, 7) is 10.7. The summed E-state index contributed by atoms with van der Waals surface area (Å²) in [4.78, 5) is 1.34. The molecular weight excluding hydrogens is 364 g/mol. The van der Waals surface area contributed by atoms with Crippen LogP contribution in [0.5, 0.6) is 0 Å². The lowest BCUT2D eigenvalue weighted by atomic mass is 10.1. The fraction of sp³-hybridized carbons (Fsp3) is 0.667. The zero-order valence-corrected chi connectivity index (χ0v) is 14.7. The SMILES string of the molecule is CC(CNC(C)(C)C)NCc1cc(Br)c(Br)s1. The molecule has 0 aromatic carbocycles. The third-order valence-electron chi connectivity index (χ3n) is 2.26. The first kappa shape index (κ1) is 15.6. The van der Waals surface area contributed by atoms with Crippen LogP contribution in [0.4, 0.5) is 0 Å². The predicted octanol–water partition coefficient (Wildman–Crippen LogP) is 4.14. The van der Waals surface area contributed by atoms with Crippen LogP contribution in [-0.4, -0.2) is 18.1 Å². The first-order chi connectivity index (χ1) is 7.78. The van der Waals surface area contributed by atoms with Crippen LogP contribution >= 0.6 is 43.2 Å². The highest BCUT2D eigenvalue weighted by atomic mass is 79.9. The fourth-order valence-electron chi connectivity index (χ4n) is 1.28.